The van der Waals surface area contributed by atoms with Crippen molar-refractivity contribution in [2.75, 3.05) is 0 Å². The fraction of sp³-hybridized carbons (Fsp3) is 0.571. The maximum atomic E-state index is 11.5. The van der Waals surface area contributed by atoms with Gasteiger partial charge in [-0.2, -0.15) is 0 Å². The molecule has 0 atom stereocenters. The topological polar surface area (TPSA) is 40.1 Å². The van der Waals surface area contributed by atoms with Crippen LogP contribution in [-0.2, 0) is 4.79 Å². The average molecular weight is 184 g/mol. The summed E-state index contributed by atoms with van der Waals surface area (Å²) in [6.07, 6.45) is -1.07. The molecule has 0 saturated heterocycles. The van der Waals surface area contributed by atoms with E-state index in [0.29, 0.717) is 6.08 Å². The number of hydrogen-bond donors (Lipinski definition) is 0. The number of hydrogen-bond acceptors (Lipinski definition) is 2. The first kappa shape index (κ1) is 12.1. The van der Waals surface area contributed by atoms with Crippen LogP contribution in [0.1, 0.15) is 12.8 Å². The molecule has 1 aliphatic carbocycles. The van der Waals surface area contributed by atoms with E-state index < -0.39 is 18.0 Å². The Bertz CT molecular complexity index is 200. The van der Waals surface area contributed by atoms with Gasteiger partial charge in [-0.05, 0) is 18.9 Å². The van der Waals surface area contributed by atoms with Crippen LogP contribution in [0.2, 0.25) is 0 Å². The molecule has 62 valence electrons. The molecular formula is C7H7F2NaO2. The third-order valence-corrected chi connectivity index (χ3v) is 1.48. The molecule has 1 aliphatic rings. The molecule has 0 unspecified atom stereocenters. The Morgan fingerprint density at radius 3 is 2.33 bits per heavy atom. The van der Waals surface area contributed by atoms with Gasteiger partial charge in [0.05, 0.1) is 0 Å². The molecule has 0 spiro atoms. The molecule has 5 heteroatoms. The van der Waals surface area contributed by atoms with Crippen molar-refractivity contribution in [3.05, 3.63) is 11.8 Å². The second-order valence-corrected chi connectivity index (χ2v) is 2.52. The summed E-state index contributed by atoms with van der Waals surface area (Å²) in [5.74, 6) is -1.98. The van der Waals surface area contributed by atoms with Crippen LogP contribution < -0.4 is 34.7 Å². The first-order valence-corrected chi connectivity index (χ1v) is 3.32. The monoisotopic (exact) mass is 184 g/mol. The van der Waals surface area contributed by atoms with Crippen LogP contribution in [0.5, 0.6) is 0 Å². The smallest absolute Gasteiger partial charge is 0.872 e. The Labute approximate surface area is 90.9 Å². The van der Waals surface area contributed by atoms with E-state index in [-0.39, 0.29) is 35.5 Å². The van der Waals surface area contributed by atoms with Gasteiger partial charge < -0.3 is 5.11 Å². The van der Waals surface area contributed by atoms with Gasteiger partial charge in [0.25, 0.3) is 0 Å². The number of ketones is 1. The molecule has 0 amide bonds. The van der Waals surface area contributed by atoms with Crippen LogP contribution >= 0.6 is 0 Å². The average Bonchev–Trinajstić information content (AvgIpc) is 2.67. The first-order valence-electron chi connectivity index (χ1n) is 3.32. The van der Waals surface area contributed by atoms with Crippen LogP contribution in [0.25, 0.3) is 0 Å². The zero-order chi connectivity index (χ0) is 8.43. The Balaban J connectivity index is 0.00000121. The van der Waals surface area contributed by atoms with E-state index in [9.17, 15) is 18.7 Å². The van der Waals surface area contributed by atoms with E-state index in [1.807, 2.05) is 0 Å². The normalized spacial score (nSPS) is 17.4. The van der Waals surface area contributed by atoms with Gasteiger partial charge in [-0.1, -0.05) is 5.76 Å². The van der Waals surface area contributed by atoms with Crippen LogP contribution in [0.3, 0.4) is 0 Å². The van der Waals surface area contributed by atoms with Crippen LogP contribution in [0, 0.1) is 5.92 Å². The Morgan fingerprint density at radius 2 is 2.00 bits per heavy atom. The molecule has 0 aromatic carbocycles. The summed E-state index contributed by atoms with van der Waals surface area (Å²) in [6, 6.07) is 0. The Morgan fingerprint density at radius 1 is 1.50 bits per heavy atom. The molecule has 0 heterocycles. The molecular weight excluding hydrogens is 177 g/mol. The molecule has 0 aliphatic heterocycles. The Kier molecular flexibility index (Phi) is 4.97. The maximum Gasteiger partial charge on any atom is 1.00 e. The van der Waals surface area contributed by atoms with E-state index in [1.165, 1.54) is 0 Å². The third-order valence-electron chi connectivity index (χ3n) is 1.48. The molecule has 1 saturated carbocycles. The van der Waals surface area contributed by atoms with E-state index in [0.717, 1.165) is 12.8 Å². The molecule has 0 radical (unpaired) electrons. The maximum absolute atomic E-state index is 11.5. The molecule has 0 N–H and O–H groups in total. The van der Waals surface area contributed by atoms with Crippen molar-refractivity contribution in [1.29, 1.82) is 0 Å². The van der Waals surface area contributed by atoms with Gasteiger partial charge in [-0.15, -0.1) is 0 Å². The summed E-state index contributed by atoms with van der Waals surface area (Å²) < 4.78 is 23.1. The minimum absolute atomic E-state index is 0. The first-order chi connectivity index (χ1) is 5.11. The van der Waals surface area contributed by atoms with Gasteiger partial charge in [-0.3, -0.25) is 4.79 Å². The zero-order valence-electron chi connectivity index (χ0n) is 6.72. The number of carbonyl (C=O) groups is 1. The summed E-state index contributed by atoms with van der Waals surface area (Å²) in [5.41, 5.74) is 0. The quantitative estimate of drug-likeness (QED) is 0.276. The fourth-order valence-electron chi connectivity index (χ4n) is 0.689. The molecule has 0 aromatic rings. The second-order valence-electron chi connectivity index (χ2n) is 2.52. The van der Waals surface area contributed by atoms with Crippen LogP contribution in [0.4, 0.5) is 8.78 Å². The number of alkyl halides is 2. The van der Waals surface area contributed by atoms with E-state index in [4.69, 9.17) is 0 Å². The minimum atomic E-state index is -3.04. The minimum Gasteiger partial charge on any atom is -0.872 e. The van der Waals surface area contributed by atoms with Gasteiger partial charge >= 0.3 is 29.6 Å². The fourth-order valence-corrected chi connectivity index (χ4v) is 0.689. The molecule has 2 nitrogen and oxygen atoms in total. The molecule has 0 bridgehead atoms. The van der Waals surface area contributed by atoms with Crippen molar-refractivity contribution in [3.8, 4) is 0 Å². The van der Waals surface area contributed by atoms with E-state index in [1.54, 1.807) is 0 Å². The van der Waals surface area contributed by atoms with Crippen molar-refractivity contribution < 1.29 is 48.2 Å². The number of carbonyl (C=O) groups excluding carboxylic acids is 1. The summed E-state index contributed by atoms with van der Waals surface area (Å²) >= 11 is 0. The summed E-state index contributed by atoms with van der Waals surface area (Å²) in [6.45, 7) is 0. The van der Waals surface area contributed by atoms with E-state index in [2.05, 4.69) is 0 Å². The molecule has 1 rings (SSSR count). The summed E-state index contributed by atoms with van der Waals surface area (Å²) in [5, 5.41) is 10.3. The van der Waals surface area contributed by atoms with Crippen LogP contribution in [-0.4, -0.2) is 12.2 Å². The predicted octanol–water partition coefficient (Wildman–Crippen LogP) is -2.52. The Hall–Kier alpha value is 0.0700. The third kappa shape index (κ3) is 3.65. The standard InChI is InChI=1S/C7H8F2O2.Na/c8-7(9)6(11)3-5(10)4-1-2-4;/h3-4,7,11H,1-2H2;/q;+1/p-1. The van der Waals surface area contributed by atoms with Crippen LogP contribution in [0.15, 0.2) is 11.8 Å². The SMILES string of the molecule is O=C(C=C([O-])C(F)F)C1CC1.[Na+]. The number of rotatable bonds is 3. The second kappa shape index (κ2) is 4.94. The zero-order valence-corrected chi connectivity index (χ0v) is 8.72. The van der Waals surface area contributed by atoms with Crippen molar-refractivity contribution in [2.45, 2.75) is 19.3 Å². The molecule has 0 aromatic heterocycles. The van der Waals surface area contributed by atoms with Gasteiger partial charge in [0.15, 0.2) is 5.78 Å². The van der Waals surface area contributed by atoms with Crippen molar-refractivity contribution in [3.63, 3.8) is 0 Å². The summed E-state index contributed by atoms with van der Waals surface area (Å²) in [4.78, 5) is 10.7. The predicted molar refractivity (Wildman–Crippen MR) is 31.8 cm³/mol. The number of allylic oxidation sites excluding steroid dienone is 2. The largest absolute Gasteiger partial charge is 1.00 e. The number of halogens is 2. The van der Waals surface area contributed by atoms with Gasteiger partial charge in [0.1, 0.15) is 0 Å². The van der Waals surface area contributed by atoms with Crippen molar-refractivity contribution in [2.24, 2.45) is 5.92 Å². The van der Waals surface area contributed by atoms with Crippen molar-refractivity contribution in [1.82, 2.24) is 0 Å². The van der Waals surface area contributed by atoms with E-state index >= 15 is 0 Å². The molecule has 1 fully saturated rings. The molecule has 12 heavy (non-hydrogen) atoms. The summed E-state index contributed by atoms with van der Waals surface area (Å²) in [7, 11) is 0. The van der Waals surface area contributed by atoms with Crippen molar-refractivity contribution >= 4 is 5.78 Å². The van der Waals surface area contributed by atoms with Gasteiger partial charge in [0, 0.05) is 5.92 Å². The van der Waals surface area contributed by atoms with Gasteiger partial charge in [0.2, 0.25) is 6.43 Å². The van der Waals surface area contributed by atoms with Gasteiger partial charge in [-0.25, -0.2) is 8.78 Å².